The highest BCUT2D eigenvalue weighted by molar-refractivity contribution is 7.87. The average Bonchev–Trinajstić information content (AvgIpc) is 2.01. The molecule has 0 aromatic rings. The highest BCUT2D eigenvalue weighted by Gasteiger charge is 1.94. The maximum Gasteiger partial charge on any atom is 0.331 e. The molecule has 0 aromatic carbocycles. The highest BCUT2D eigenvalue weighted by atomic mass is 32.2. The Labute approximate surface area is 68.9 Å². The number of carbonyl (C=O) groups is 1. The molecule has 0 bridgehead atoms. The van der Waals surface area contributed by atoms with Gasteiger partial charge < -0.3 is 4.74 Å². The van der Waals surface area contributed by atoms with E-state index >= 15 is 0 Å². The van der Waals surface area contributed by atoms with Gasteiger partial charge in [-0.2, -0.15) is 0 Å². The lowest BCUT2D eigenvalue weighted by Crippen LogP contribution is -1.96. The van der Waals surface area contributed by atoms with Gasteiger partial charge in [0.2, 0.25) is 0 Å². The smallest absolute Gasteiger partial charge is 0.331 e. The van der Waals surface area contributed by atoms with Gasteiger partial charge in [0.25, 0.3) is 0 Å². The van der Waals surface area contributed by atoms with Crippen LogP contribution in [-0.2, 0) is 20.3 Å². The minimum atomic E-state index is -1.02. The summed E-state index contributed by atoms with van der Waals surface area (Å²) in [5.74, 6) is 0.127. The van der Waals surface area contributed by atoms with Crippen molar-refractivity contribution in [1.29, 1.82) is 0 Å². The molecular formula is C7H12O3S. The molecule has 3 nitrogen and oxygen atoms in total. The molecule has 0 aliphatic carbocycles. The van der Waals surface area contributed by atoms with Gasteiger partial charge in [0, 0.05) is 28.0 Å². The van der Waals surface area contributed by atoms with E-state index in [9.17, 15) is 9.00 Å². The number of esters is 1. The molecule has 0 radical (unpaired) electrons. The molecule has 1 unspecified atom stereocenters. The predicted octanol–water partition coefficient (Wildman–Crippen LogP) is 0.832. The van der Waals surface area contributed by atoms with Crippen LogP contribution in [0, 0.1) is 0 Å². The number of hydrogen-bond acceptors (Lipinski definition) is 3. The molecule has 1 atom stereocenters. The summed E-state index contributed by atoms with van der Waals surface area (Å²) in [5.41, 5.74) is 0. The Balaban J connectivity index is 3.73. The van der Waals surface area contributed by atoms with Crippen LogP contribution in [0.25, 0.3) is 0 Å². The Kier molecular flexibility index (Phi) is 5.74. The summed E-state index contributed by atoms with van der Waals surface area (Å²) in [6.45, 7) is 1.93. The summed E-state index contributed by atoms with van der Waals surface area (Å²) in [7, 11) is 0.264. The van der Waals surface area contributed by atoms with Crippen molar-refractivity contribution in [3.05, 3.63) is 11.5 Å². The monoisotopic (exact) mass is 176 g/mol. The normalized spacial score (nSPS) is 13.3. The maximum absolute atomic E-state index is 10.9. The quantitative estimate of drug-likeness (QED) is 0.470. The second-order valence-corrected chi connectivity index (χ2v) is 3.35. The first kappa shape index (κ1) is 10.4. The van der Waals surface area contributed by atoms with Crippen LogP contribution in [0.3, 0.4) is 0 Å². The van der Waals surface area contributed by atoms with E-state index in [4.69, 9.17) is 0 Å². The van der Waals surface area contributed by atoms with Crippen LogP contribution in [0.15, 0.2) is 11.5 Å². The molecule has 0 aliphatic heterocycles. The van der Waals surface area contributed by atoms with Gasteiger partial charge in [0.1, 0.15) is 0 Å². The molecular weight excluding hydrogens is 164 g/mol. The van der Waals surface area contributed by atoms with Crippen LogP contribution in [0.2, 0.25) is 0 Å². The van der Waals surface area contributed by atoms with E-state index in [2.05, 4.69) is 4.74 Å². The van der Waals surface area contributed by atoms with Gasteiger partial charge >= 0.3 is 5.97 Å². The van der Waals surface area contributed by atoms with Crippen molar-refractivity contribution in [2.45, 2.75) is 13.3 Å². The molecule has 11 heavy (non-hydrogen) atoms. The minimum Gasteiger partial charge on any atom is -0.466 e. The van der Waals surface area contributed by atoms with E-state index in [1.165, 1.54) is 18.6 Å². The van der Waals surface area contributed by atoms with Gasteiger partial charge in [-0.15, -0.1) is 0 Å². The van der Waals surface area contributed by atoms with Gasteiger partial charge in [-0.1, -0.05) is 6.92 Å². The highest BCUT2D eigenvalue weighted by Crippen LogP contribution is 1.89. The van der Waals surface area contributed by atoms with Crippen LogP contribution in [-0.4, -0.2) is 23.0 Å². The second kappa shape index (κ2) is 6.09. The van der Waals surface area contributed by atoms with Crippen molar-refractivity contribution in [2.24, 2.45) is 0 Å². The number of methoxy groups -OCH3 is 1. The lowest BCUT2D eigenvalue weighted by Gasteiger charge is -1.90. The van der Waals surface area contributed by atoms with Crippen molar-refractivity contribution in [1.82, 2.24) is 0 Å². The summed E-state index contributed by atoms with van der Waals surface area (Å²) < 4.78 is 15.2. The SMILES string of the molecule is CCCS(=O)/C=C/C(=O)OC. The first-order valence-electron chi connectivity index (χ1n) is 3.34. The number of hydrogen-bond donors (Lipinski definition) is 0. The number of ether oxygens (including phenoxy) is 1. The van der Waals surface area contributed by atoms with E-state index < -0.39 is 16.8 Å². The predicted molar refractivity (Wildman–Crippen MR) is 44.5 cm³/mol. The summed E-state index contributed by atoms with van der Waals surface area (Å²) >= 11 is 0. The summed E-state index contributed by atoms with van der Waals surface area (Å²) in [6.07, 6.45) is 2.03. The van der Waals surface area contributed by atoms with Crippen molar-refractivity contribution >= 4 is 16.8 Å². The molecule has 0 N–H and O–H groups in total. The lowest BCUT2D eigenvalue weighted by molar-refractivity contribution is -0.134. The molecule has 0 heterocycles. The fourth-order valence-electron chi connectivity index (χ4n) is 0.469. The number of carbonyl (C=O) groups excluding carboxylic acids is 1. The summed E-state index contributed by atoms with van der Waals surface area (Å²) in [5, 5.41) is 1.36. The van der Waals surface area contributed by atoms with E-state index in [0.717, 1.165) is 6.42 Å². The standard InChI is InChI=1S/C7H12O3S/c1-3-5-11(9)6-4-7(8)10-2/h4,6H,3,5H2,1-2H3/b6-4+. The van der Waals surface area contributed by atoms with Crippen LogP contribution >= 0.6 is 0 Å². The van der Waals surface area contributed by atoms with Gasteiger partial charge in [0.05, 0.1) is 7.11 Å². The molecule has 64 valence electrons. The van der Waals surface area contributed by atoms with Crippen LogP contribution in [0.4, 0.5) is 0 Å². The Bertz CT molecular complexity index is 175. The van der Waals surface area contributed by atoms with Gasteiger partial charge in [-0.25, -0.2) is 4.79 Å². The summed E-state index contributed by atoms with van der Waals surface area (Å²) in [6, 6.07) is 0. The van der Waals surface area contributed by atoms with Crippen molar-refractivity contribution in [3.8, 4) is 0 Å². The molecule has 0 aliphatic rings. The van der Waals surface area contributed by atoms with E-state index in [1.807, 2.05) is 6.92 Å². The van der Waals surface area contributed by atoms with Crippen molar-refractivity contribution < 1.29 is 13.7 Å². The fraction of sp³-hybridized carbons (Fsp3) is 0.571. The Morgan fingerprint density at radius 2 is 2.27 bits per heavy atom. The average molecular weight is 176 g/mol. The van der Waals surface area contributed by atoms with Gasteiger partial charge in [0.15, 0.2) is 0 Å². The van der Waals surface area contributed by atoms with E-state index in [-0.39, 0.29) is 0 Å². The van der Waals surface area contributed by atoms with Crippen LogP contribution in [0.5, 0.6) is 0 Å². The fourth-order valence-corrected chi connectivity index (χ4v) is 1.27. The van der Waals surface area contributed by atoms with Crippen LogP contribution in [0.1, 0.15) is 13.3 Å². The first-order valence-corrected chi connectivity index (χ1v) is 4.72. The van der Waals surface area contributed by atoms with E-state index in [1.54, 1.807) is 0 Å². The van der Waals surface area contributed by atoms with Crippen molar-refractivity contribution in [2.75, 3.05) is 12.9 Å². The number of rotatable bonds is 4. The third kappa shape index (κ3) is 5.79. The second-order valence-electron chi connectivity index (χ2n) is 1.91. The zero-order chi connectivity index (χ0) is 8.69. The Hall–Kier alpha value is -0.640. The third-order valence-electron chi connectivity index (χ3n) is 0.962. The molecule has 4 heteroatoms. The summed E-state index contributed by atoms with van der Waals surface area (Å²) in [4.78, 5) is 10.5. The molecule has 0 spiro atoms. The molecule has 0 fully saturated rings. The molecule has 0 rings (SSSR count). The minimum absolute atomic E-state index is 0.463. The maximum atomic E-state index is 10.9. The van der Waals surface area contributed by atoms with Crippen LogP contribution < -0.4 is 0 Å². The largest absolute Gasteiger partial charge is 0.466 e. The van der Waals surface area contributed by atoms with Gasteiger partial charge in [-0.05, 0) is 6.42 Å². The van der Waals surface area contributed by atoms with Gasteiger partial charge in [-0.3, -0.25) is 4.21 Å². The third-order valence-corrected chi connectivity index (χ3v) is 2.21. The lowest BCUT2D eigenvalue weighted by atomic mass is 10.6. The molecule has 0 aromatic heterocycles. The first-order chi connectivity index (χ1) is 5.20. The zero-order valence-electron chi connectivity index (χ0n) is 6.70. The van der Waals surface area contributed by atoms with Crippen molar-refractivity contribution in [3.63, 3.8) is 0 Å². The van der Waals surface area contributed by atoms with E-state index in [0.29, 0.717) is 5.75 Å². The topological polar surface area (TPSA) is 43.4 Å². The molecule has 0 amide bonds. The molecule has 0 saturated heterocycles. The Morgan fingerprint density at radius 3 is 2.73 bits per heavy atom. The molecule has 0 saturated carbocycles. The zero-order valence-corrected chi connectivity index (χ0v) is 7.52. The Morgan fingerprint density at radius 1 is 1.64 bits per heavy atom.